The van der Waals surface area contributed by atoms with E-state index >= 15 is 0 Å². The van der Waals surface area contributed by atoms with Crippen molar-refractivity contribution in [3.8, 4) is 28.4 Å². The van der Waals surface area contributed by atoms with Gasteiger partial charge in [-0.15, -0.1) is 0 Å². The summed E-state index contributed by atoms with van der Waals surface area (Å²) in [4.78, 5) is 0. The van der Waals surface area contributed by atoms with E-state index in [0.717, 1.165) is 22.3 Å². The fourth-order valence-electron chi connectivity index (χ4n) is 3.72. The first-order chi connectivity index (χ1) is 12.2. The molecule has 0 aliphatic carbocycles. The lowest BCUT2D eigenvalue weighted by Crippen LogP contribution is -2.01. The summed E-state index contributed by atoms with van der Waals surface area (Å²) >= 11 is 0. The van der Waals surface area contributed by atoms with Crippen LogP contribution in [-0.4, -0.2) is 21.3 Å². The van der Waals surface area contributed by atoms with Gasteiger partial charge in [0.15, 0.2) is 11.5 Å². The van der Waals surface area contributed by atoms with E-state index in [1.165, 1.54) is 11.1 Å². The van der Waals surface area contributed by atoms with Gasteiger partial charge in [-0.2, -0.15) is 0 Å². The Morgan fingerprint density at radius 2 is 1.56 bits per heavy atom. The highest BCUT2D eigenvalue weighted by molar-refractivity contribution is 5.83. The van der Waals surface area contributed by atoms with Crippen molar-refractivity contribution < 1.29 is 23.7 Å². The van der Waals surface area contributed by atoms with E-state index in [1.54, 1.807) is 21.3 Å². The van der Waals surface area contributed by atoms with Crippen molar-refractivity contribution in [3.63, 3.8) is 0 Å². The summed E-state index contributed by atoms with van der Waals surface area (Å²) in [6, 6.07) is 6.38. The maximum atomic E-state index is 6.10. The summed E-state index contributed by atoms with van der Waals surface area (Å²) in [6.07, 6.45) is -0.0185. The first-order valence-corrected chi connectivity index (χ1v) is 8.35. The Bertz CT molecular complexity index is 828. The number of ether oxygens (including phenoxy) is 5. The molecule has 4 rings (SSSR count). The topological polar surface area (TPSA) is 46.2 Å². The second-order valence-corrected chi connectivity index (χ2v) is 6.33. The third-order valence-electron chi connectivity index (χ3n) is 4.99. The number of hydrogen-bond acceptors (Lipinski definition) is 5. The van der Waals surface area contributed by atoms with Gasteiger partial charge in [-0.3, -0.25) is 0 Å². The molecule has 0 amide bonds. The molecule has 2 aromatic carbocycles. The first-order valence-electron chi connectivity index (χ1n) is 8.35. The van der Waals surface area contributed by atoms with E-state index in [1.807, 2.05) is 6.07 Å². The molecule has 0 spiro atoms. The van der Waals surface area contributed by atoms with Crippen LogP contribution < -0.4 is 14.2 Å². The predicted octanol–water partition coefficient (Wildman–Crippen LogP) is 4.00. The van der Waals surface area contributed by atoms with Gasteiger partial charge in [0.2, 0.25) is 5.75 Å². The molecule has 25 heavy (non-hydrogen) atoms. The standard InChI is InChI=1S/C20H22O5/c1-11-15-5-12-8-24-9-13(12)6-16(15)18-14(10-25-11)7-17(21-2)19(22-3)20(18)23-4/h5-7,11H,8-10H2,1-4H3/t11-/m1/s1. The lowest BCUT2D eigenvalue weighted by molar-refractivity contribution is 0.0548. The Morgan fingerprint density at radius 3 is 2.24 bits per heavy atom. The zero-order valence-corrected chi connectivity index (χ0v) is 15.0. The van der Waals surface area contributed by atoms with Crippen LogP contribution in [0.5, 0.6) is 17.2 Å². The average Bonchev–Trinajstić information content (AvgIpc) is 3.05. The molecule has 5 heteroatoms. The Hall–Kier alpha value is -2.24. The summed E-state index contributed by atoms with van der Waals surface area (Å²) in [5.41, 5.74) is 6.75. The van der Waals surface area contributed by atoms with Crippen molar-refractivity contribution >= 4 is 0 Å². The molecule has 0 unspecified atom stereocenters. The molecule has 2 aliphatic rings. The van der Waals surface area contributed by atoms with Gasteiger partial charge in [0.25, 0.3) is 0 Å². The van der Waals surface area contributed by atoms with Crippen molar-refractivity contribution in [2.24, 2.45) is 0 Å². The highest BCUT2D eigenvalue weighted by Gasteiger charge is 2.29. The van der Waals surface area contributed by atoms with Crippen LogP contribution in [0, 0.1) is 0 Å². The minimum atomic E-state index is -0.0185. The zero-order chi connectivity index (χ0) is 17.6. The highest BCUT2D eigenvalue weighted by Crippen LogP contribution is 2.50. The van der Waals surface area contributed by atoms with E-state index in [2.05, 4.69) is 19.1 Å². The SMILES string of the molecule is COc1cc2c(c(OC)c1OC)-c1cc3c(cc1[C@@H](C)OC2)COC3. The van der Waals surface area contributed by atoms with Crippen LogP contribution in [0.15, 0.2) is 18.2 Å². The average molecular weight is 342 g/mol. The number of rotatable bonds is 3. The molecule has 0 N–H and O–H groups in total. The quantitative estimate of drug-likeness (QED) is 0.844. The van der Waals surface area contributed by atoms with Gasteiger partial charge in [0, 0.05) is 5.56 Å². The van der Waals surface area contributed by atoms with Gasteiger partial charge >= 0.3 is 0 Å². The Kier molecular flexibility index (Phi) is 4.06. The molecule has 2 aromatic rings. The van der Waals surface area contributed by atoms with E-state index in [9.17, 15) is 0 Å². The molecule has 0 saturated carbocycles. The molecule has 0 fully saturated rings. The van der Waals surface area contributed by atoms with Crippen molar-refractivity contribution in [3.05, 3.63) is 40.5 Å². The molecule has 0 bridgehead atoms. The largest absolute Gasteiger partial charge is 0.493 e. The van der Waals surface area contributed by atoms with Gasteiger partial charge in [-0.1, -0.05) is 0 Å². The van der Waals surface area contributed by atoms with Crippen LogP contribution in [0.3, 0.4) is 0 Å². The molecular formula is C20H22O5. The maximum absolute atomic E-state index is 6.10. The monoisotopic (exact) mass is 342 g/mol. The predicted molar refractivity (Wildman–Crippen MR) is 93.2 cm³/mol. The van der Waals surface area contributed by atoms with Crippen LogP contribution in [0.25, 0.3) is 11.1 Å². The normalized spacial score (nSPS) is 18.0. The molecule has 5 nitrogen and oxygen atoms in total. The Morgan fingerprint density at radius 1 is 0.840 bits per heavy atom. The lowest BCUT2D eigenvalue weighted by Gasteiger charge is -2.20. The number of hydrogen-bond donors (Lipinski definition) is 0. The van der Waals surface area contributed by atoms with Crippen molar-refractivity contribution in [1.82, 2.24) is 0 Å². The van der Waals surface area contributed by atoms with E-state index < -0.39 is 0 Å². The van der Waals surface area contributed by atoms with Crippen molar-refractivity contribution in [2.45, 2.75) is 32.8 Å². The van der Waals surface area contributed by atoms with E-state index in [-0.39, 0.29) is 6.10 Å². The fraction of sp³-hybridized carbons (Fsp3) is 0.400. The van der Waals surface area contributed by atoms with E-state index in [4.69, 9.17) is 23.7 Å². The van der Waals surface area contributed by atoms with Gasteiger partial charge in [0.1, 0.15) is 0 Å². The Labute approximate surface area is 147 Å². The summed E-state index contributed by atoms with van der Waals surface area (Å²) in [5.74, 6) is 1.91. The molecular weight excluding hydrogens is 320 g/mol. The van der Waals surface area contributed by atoms with Gasteiger partial charge < -0.3 is 23.7 Å². The van der Waals surface area contributed by atoms with Crippen molar-refractivity contribution in [2.75, 3.05) is 21.3 Å². The van der Waals surface area contributed by atoms with Crippen LogP contribution in [0.2, 0.25) is 0 Å². The van der Waals surface area contributed by atoms with Gasteiger partial charge in [-0.25, -0.2) is 0 Å². The molecule has 1 atom stereocenters. The molecule has 0 radical (unpaired) electrons. The molecule has 0 aromatic heterocycles. The minimum absolute atomic E-state index is 0.0185. The van der Waals surface area contributed by atoms with Crippen LogP contribution >= 0.6 is 0 Å². The van der Waals surface area contributed by atoms with Gasteiger partial charge in [0.05, 0.1) is 47.3 Å². The summed E-state index contributed by atoms with van der Waals surface area (Å²) in [6.45, 7) is 3.87. The smallest absolute Gasteiger partial charge is 0.203 e. The van der Waals surface area contributed by atoms with Crippen LogP contribution in [-0.2, 0) is 29.3 Å². The first kappa shape index (κ1) is 16.2. The highest BCUT2D eigenvalue weighted by atomic mass is 16.5. The van der Waals surface area contributed by atoms with E-state index in [0.29, 0.717) is 37.1 Å². The Balaban J connectivity index is 2.04. The third kappa shape index (κ3) is 2.46. The lowest BCUT2D eigenvalue weighted by atomic mass is 9.90. The summed E-state index contributed by atoms with van der Waals surface area (Å²) in [7, 11) is 4.91. The van der Waals surface area contributed by atoms with Crippen LogP contribution in [0.1, 0.15) is 35.3 Å². The second kappa shape index (κ2) is 6.24. The number of benzene rings is 2. The van der Waals surface area contributed by atoms with Crippen molar-refractivity contribution in [1.29, 1.82) is 0 Å². The molecule has 132 valence electrons. The summed E-state index contributed by atoms with van der Waals surface area (Å²) < 4.78 is 28.5. The maximum Gasteiger partial charge on any atom is 0.203 e. The molecule has 2 heterocycles. The number of fused-ring (bicyclic) bond motifs is 4. The zero-order valence-electron chi connectivity index (χ0n) is 15.0. The number of methoxy groups -OCH3 is 3. The minimum Gasteiger partial charge on any atom is -0.493 e. The van der Waals surface area contributed by atoms with Crippen LogP contribution in [0.4, 0.5) is 0 Å². The molecule has 2 aliphatic heterocycles. The second-order valence-electron chi connectivity index (χ2n) is 6.33. The molecule has 0 saturated heterocycles. The fourth-order valence-corrected chi connectivity index (χ4v) is 3.72. The van der Waals surface area contributed by atoms with Gasteiger partial charge in [-0.05, 0) is 52.9 Å². The summed E-state index contributed by atoms with van der Waals surface area (Å²) in [5, 5.41) is 0. The third-order valence-corrected chi connectivity index (χ3v) is 4.99.